The molecule has 11 heavy (non-hydrogen) atoms. The Kier molecular flexibility index (Phi) is 5.07. The summed E-state index contributed by atoms with van der Waals surface area (Å²) >= 11 is 0. The van der Waals surface area contributed by atoms with E-state index in [4.69, 9.17) is 0 Å². The van der Waals surface area contributed by atoms with Gasteiger partial charge in [-0.05, 0) is 13.8 Å². The fourth-order valence-electron chi connectivity index (χ4n) is 0.572. The van der Waals surface area contributed by atoms with Crippen LogP contribution in [0.5, 0.6) is 0 Å². The Balaban J connectivity index is 3.98. The van der Waals surface area contributed by atoms with Crippen molar-refractivity contribution in [2.75, 3.05) is 6.54 Å². The van der Waals surface area contributed by atoms with Gasteiger partial charge in [0.05, 0.1) is 5.70 Å². The van der Waals surface area contributed by atoms with Crippen LogP contribution in [0.2, 0.25) is 0 Å². The fraction of sp³-hybridized carbons (Fsp3) is 0.500. The average molecular weight is 154 g/mol. The molecule has 0 aliphatic carbocycles. The highest BCUT2D eigenvalue weighted by atomic mass is 16.1. The number of carbonyl (C=O) groups is 1. The summed E-state index contributed by atoms with van der Waals surface area (Å²) in [5, 5.41) is 2.64. The summed E-state index contributed by atoms with van der Waals surface area (Å²) in [7, 11) is 0. The molecular formula is C8H14N2O. The number of allylic oxidation sites excluding steroid dienone is 2. The molecule has 0 heterocycles. The van der Waals surface area contributed by atoms with Gasteiger partial charge in [0.25, 0.3) is 0 Å². The van der Waals surface area contributed by atoms with Gasteiger partial charge in [-0.3, -0.25) is 9.79 Å². The molecule has 3 heteroatoms. The van der Waals surface area contributed by atoms with Gasteiger partial charge in [-0.2, -0.15) is 0 Å². The van der Waals surface area contributed by atoms with E-state index in [0.717, 1.165) is 12.2 Å². The zero-order valence-corrected chi connectivity index (χ0v) is 7.22. The topological polar surface area (TPSA) is 41.5 Å². The van der Waals surface area contributed by atoms with E-state index < -0.39 is 0 Å². The molecule has 0 aromatic carbocycles. The number of carbonyl (C=O) groups excluding carboxylic acids is 1. The van der Waals surface area contributed by atoms with E-state index in [2.05, 4.69) is 10.3 Å². The molecule has 0 atom stereocenters. The quantitative estimate of drug-likeness (QED) is 0.608. The predicted molar refractivity (Wildman–Crippen MR) is 46.6 cm³/mol. The minimum Gasteiger partial charge on any atom is -0.325 e. The van der Waals surface area contributed by atoms with E-state index in [1.165, 1.54) is 6.92 Å². The Bertz CT molecular complexity index is 183. The van der Waals surface area contributed by atoms with Crippen LogP contribution in [-0.4, -0.2) is 18.7 Å². The van der Waals surface area contributed by atoms with Crippen molar-refractivity contribution in [1.82, 2.24) is 5.32 Å². The first-order valence-corrected chi connectivity index (χ1v) is 3.64. The molecule has 0 fully saturated rings. The van der Waals surface area contributed by atoms with Crippen molar-refractivity contribution < 1.29 is 4.79 Å². The predicted octanol–water partition coefficient (Wildman–Crippen LogP) is 1.12. The first kappa shape index (κ1) is 9.88. The average Bonchev–Trinajstić information content (AvgIpc) is 1.97. The minimum absolute atomic E-state index is 0.0688. The molecule has 0 unspecified atom stereocenters. The molecule has 0 aromatic rings. The lowest BCUT2D eigenvalue weighted by atomic mass is 10.4. The van der Waals surface area contributed by atoms with E-state index in [9.17, 15) is 4.79 Å². The van der Waals surface area contributed by atoms with Crippen molar-refractivity contribution in [3.8, 4) is 0 Å². The molecule has 0 spiro atoms. The van der Waals surface area contributed by atoms with Crippen molar-refractivity contribution in [1.29, 1.82) is 0 Å². The molecule has 1 N–H and O–H groups in total. The molecule has 0 aliphatic heterocycles. The van der Waals surface area contributed by atoms with E-state index in [1.54, 1.807) is 12.3 Å². The Morgan fingerprint density at radius 3 is 2.64 bits per heavy atom. The number of nitrogens with one attached hydrogen (secondary N) is 1. The van der Waals surface area contributed by atoms with Gasteiger partial charge in [0, 0.05) is 19.7 Å². The second kappa shape index (κ2) is 5.65. The molecule has 0 aromatic heterocycles. The lowest BCUT2D eigenvalue weighted by Gasteiger charge is -1.99. The monoisotopic (exact) mass is 154 g/mol. The second-order valence-corrected chi connectivity index (χ2v) is 2.05. The third-order valence-corrected chi connectivity index (χ3v) is 1.04. The van der Waals surface area contributed by atoms with Gasteiger partial charge in [-0.25, -0.2) is 0 Å². The molecule has 1 amide bonds. The van der Waals surface area contributed by atoms with Crippen molar-refractivity contribution in [2.24, 2.45) is 4.99 Å². The summed E-state index contributed by atoms with van der Waals surface area (Å²) in [4.78, 5) is 14.6. The number of hydrogen-bond donors (Lipinski definition) is 1. The zero-order valence-electron chi connectivity index (χ0n) is 7.22. The molecule has 0 saturated carbocycles. The largest absolute Gasteiger partial charge is 0.325 e. The number of rotatable bonds is 3. The Labute approximate surface area is 67.2 Å². The Morgan fingerprint density at radius 1 is 1.64 bits per heavy atom. The SMILES string of the molecule is C/C=C(\C=NCC)NC(C)=O. The number of hydrogen-bond acceptors (Lipinski definition) is 2. The van der Waals surface area contributed by atoms with Gasteiger partial charge in [-0.15, -0.1) is 0 Å². The summed E-state index contributed by atoms with van der Waals surface area (Å²) < 4.78 is 0. The van der Waals surface area contributed by atoms with Crippen molar-refractivity contribution in [2.45, 2.75) is 20.8 Å². The van der Waals surface area contributed by atoms with Crippen LogP contribution in [0.25, 0.3) is 0 Å². The lowest BCUT2D eigenvalue weighted by Crippen LogP contribution is -2.19. The summed E-state index contributed by atoms with van der Waals surface area (Å²) in [6.45, 7) is 6.00. The summed E-state index contributed by atoms with van der Waals surface area (Å²) in [6, 6.07) is 0. The van der Waals surface area contributed by atoms with E-state index >= 15 is 0 Å². The van der Waals surface area contributed by atoms with Crippen molar-refractivity contribution in [3.63, 3.8) is 0 Å². The third-order valence-electron chi connectivity index (χ3n) is 1.04. The van der Waals surface area contributed by atoms with Crippen LogP contribution in [0.1, 0.15) is 20.8 Å². The smallest absolute Gasteiger partial charge is 0.221 e. The summed E-state index contributed by atoms with van der Waals surface area (Å²) in [5.74, 6) is -0.0688. The number of amides is 1. The minimum atomic E-state index is -0.0688. The summed E-state index contributed by atoms with van der Waals surface area (Å²) in [6.07, 6.45) is 3.46. The van der Waals surface area contributed by atoms with Crippen LogP contribution in [0.15, 0.2) is 16.8 Å². The lowest BCUT2D eigenvalue weighted by molar-refractivity contribution is -0.118. The number of aliphatic imine (C=N–C) groups is 1. The van der Waals surface area contributed by atoms with Gasteiger partial charge < -0.3 is 5.32 Å². The molecule has 0 rings (SSSR count). The van der Waals surface area contributed by atoms with Crippen LogP contribution in [0.4, 0.5) is 0 Å². The zero-order chi connectivity index (χ0) is 8.69. The van der Waals surface area contributed by atoms with Crippen LogP contribution < -0.4 is 5.32 Å². The summed E-state index contributed by atoms with van der Waals surface area (Å²) in [5.41, 5.74) is 0.749. The molecule has 0 radical (unpaired) electrons. The van der Waals surface area contributed by atoms with Crippen molar-refractivity contribution in [3.05, 3.63) is 11.8 Å². The Morgan fingerprint density at radius 2 is 2.27 bits per heavy atom. The molecule has 0 bridgehead atoms. The number of nitrogens with zero attached hydrogens (tertiary/aromatic N) is 1. The maximum Gasteiger partial charge on any atom is 0.221 e. The first-order chi connectivity index (χ1) is 5.20. The van der Waals surface area contributed by atoms with Crippen LogP contribution in [-0.2, 0) is 4.79 Å². The standard InChI is InChI=1S/C8H14N2O/c1-4-8(6-9-5-2)10-7(3)11/h4,6H,5H2,1-3H3,(H,10,11)/b8-4+,9-6?. The molecule has 0 saturated heterocycles. The second-order valence-electron chi connectivity index (χ2n) is 2.05. The van der Waals surface area contributed by atoms with E-state index in [0.29, 0.717) is 0 Å². The molecular weight excluding hydrogens is 140 g/mol. The van der Waals surface area contributed by atoms with Gasteiger partial charge in [0.1, 0.15) is 0 Å². The fourth-order valence-corrected chi connectivity index (χ4v) is 0.572. The van der Waals surface area contributed by atoms with E-state index in [-0.39, 0.29) is 5.91 Å². The van der Waals surface area contributed by atoms with Crippen LogP contribution in [0.3, 0.4) is 0 Å². The highest BCUT2D eigenvalue weighted by molar-refractivity contribution is 5.86. The normalized spacial score (nSPS) is 12.1. The molecule has 3 nitrogen and oxygen atoms in total. The first-order valence-electron chi connectivity index (χ1n) is 3.64. The highest BCUT2D eigenvalue weighted by Crippen LogP contribution is 1.83. The van der Waals surface area contributed by atoms with E-state index in [1.807, 2.05) is 13.8 Å². The van der Waals surface area contributed by atoms with Crippen LogP contribution in [0, 0.1) is 0 Å². The third kappa shape index (κ3) is 5.33. The van der Waals surface area contributed by atoms with Gasteiger partial charge >= 0.3 is 0 Å². The molecule has 62 valence electrons. The van der Waals surface area contributed by atoms with Gasteiger partial charge in [-0.1, -0.05) is 6.08 Å². The maximum atomic E-state index is 10.6. The van der Waals surface area contributed by atoms with Gasteiger partial charge in [0.2, 0.25) is 5.91 Å². The van der Waals surface area contributed by atoms with Crippen molar-refractivity contribution >= 4 is 12.1 Å². The molecule has 0 aliphatic rings. The Hall–Kier alpha value is -1.12. The maximum absolute atomic E-state index is 10.6. The van der Waals surface area contributed by atoms with Crippen LogP contribution >= 0.6 is 0 Å². The highest BCUT2D eigenvalue weighted by Gasteiger charge is 1.92. The van der Waals surface area contributed by atoms with Gasteiger partial charge in [0.15, 0.2) is 0 Å².